The Balaban J connectivity index is 1.92. The van der Waals surface area contributed by atoms with Crippen LogP contribution in [-0.4, -0.2) is 24.6 Å². The Morgan fingerprint density at radius 2 is 2.44 bits per heavy atom. The van der Waals surface area contributed by atoms with Crippen molar-refractivity contribution in [2.24, 2.45) is 5.92 Å². The van der Waals surface area contributed by atoms with Crippen LogP contribution in [0.3, 0.4) is 0 Å². The highest BCUT2D eigenvalue weighted by atomic mass is 32.1. The first-order chi connectivity index (χ1) is 7.83. The Hall–Kier alpha value is -0.610. The molecule has 1 fully saturated rings. The summed E-state index contributed by atoms with van der Waals surface area (Å²) in [7, 11) is 0. The third-order valence-electron chi connectivity index (χ3n) is 3.23. The van der Waals surface area contributed by atoms with Gasteiger partial charge in [0.25, 0.3) is 0 Å². The topological polar surface area (TPSA) is 28.2 Å². The van der Waals surface area contributed by atoms with Crippen molar-refractivity contribution < 1.29 is 0 Å². The number of nitrogens with zero attached hydrogens (tertiary/aromatic N) is 2. The molecule has 0 spiro atoms. The van der Waals surface area contributed by atoms with Crippen molar-refractivity contribution in [2.45, 2.75) is 33.2 Å². The van der Waals surface area contributed by atoms with Crippen molar-refractivity contribution >= 4 is 16.5 Å². The van der Waals surface area contributed by atoms with Crippen molar-refractivity contribution in [1.82, 2.24) is 10.3 Å². The molecule has 3 nitrogen and oxygen atoms in total. The first-order valence-corrected chi connectivity index (χ1v) is 7.11. The minimum atomic E-state index is 0.876. The molecule has 0 aliphatic carbocycles. The summed E-state index contributed by atoms with van der Waals surface area (Å²) in [6.07, 6.45) is 2.63. The quantitative estimate of drug-likeness (QED) is 0.855. The molecule has 1 atom stereocenters. The summed E-state index contributed by atoms with van der Waals surface area (Å²) in [6.45, 7) is 8.70. The maximum atomic E-state index is 4.68. The van der Waals surface area contributed by atoms with Gasteiger partial charge in [-0.1, -0.05) is 20.3 Å². The van der Waals surface area contributed by atoms with E-state index in [4.69, 9.17) is 0 Å². The molecule has 0 amide bonds. The third kappa shape index (κ3) is 2.74. The van der Waals surface area contributed by atoms with Gasteiger partial charge in [0.05, 0.1) is 5.69 Å². The van der Waals surface area contributed by atoms with Crippen molar-refractivity contribution in [3.63, 3.8) is 0 Å². The average Bonchev–Trinajstić information content (AvgIpc) is 2.94. The van der Waals surface area contributed by atoms with Crippen molar-refractivity contribution in [2.75, 3.05) is 24.5 Å². The molecule has 1 saturated heterocycles. The number of hydrogen-bond donors (Lipinski definition) is 1. The molecule has 16 heavy (non-hydrogen) atoms. The lowest BCUT2D eigenvalue weighted by molar-refractivity contribution is 0.569. The molecule has 1 aliphatic rings. The van der Waals surface area contributed by atoms with Crippen LogP contribution in [0, 0.1) is 5.92 Å². The minimum absolute atomic E-state index is 0.876. The number of anilines is 1. The van der Waals surface area contributed by atoms with Gasteiger partial charge in [0, 0.05) is 25.0 Å². The van der Waals surface area contributed by atoms with Crippen LogP contribution in [0.25, 0.3) is 0 Å². The summed E-state index contributed by atoms with van der Waals surface area (Å²) in [5.74, 6) is 0.876. The van der Waals surface area contributed by atoms with Crippen LogP contribution in [0.4, 0.5) is 5.13 Å². The molecule has 0 saturated carbocycles. The minimum Gasteiger partial charge on any atom is -0.348 e. The standard InChI is InChI=1S/C12H21N3S/c1-3-10-5-6-15(8-10)12-14-11(9-16-12)7-13-4-2/h9-10,13H,3-8H2,1-2H3. The SMILES string of the molecule is CCNCc1csc(N2CCC(CC)C2)n1. The molecule has 1 aromatic heterocycles. The van der Waals surface area contributed by atoms with Crippen LogP contribution in [0.2, 0.25) is 0 Å². The Morgan fingerprint density at radius 1 is 1.56 bits per heavy atom. The summed E-state index contributed by atoms with van der Waals surface area (Å²) < 4.78 is 0. The highest BCUT2D eigenvalue weighted by Crippen LogP contribution is 2.28. The Kier molecular flexibility index (Phi) is 4.18. The number of hydrogen-bond acceptors (Lipinski definition) is 4. The predicted octanol–water partition coefficient (Wildman–Crippen LogP) is 2.49. The fraction of sp³-hybridized carbons (Fsp3) is 0.750. The maximum Gasteiger partial charge on any atom is 0.185 e. The second kappa shape index (κ2) is 5.64. The van der Waals surface area contributed by atoms with E-state index in [-0.39, 0.29) is 0 Å². The van der Waals surface area contributed by atoms with Crippen LogP contribution in [0.5, 0.6) is 0 Å². The largest absolute Gasteiger partial charge is 0.348 e. The molecule has 0 radical (unpaired) electrons. The van der Waals surface area contributed by atoms with Gasteiger partial charge in [-0.3, -0.25) is 0 Å². The van der Waals surface area contributed by atoms with E-state index in [0.29, 0.717) is 0 Å². The van der Waals surface area contributed by atoms with Gasteiger partial charge in [0.15, 0.2) is 5.13 Å². The average molecular weight is 239 g/mol. The van der Waals surface area contributed by atoms with Crippen molar-refractivity contribution in [1.29, 1.82) is 0 Å². The van der Waals surface area contributed by atoms with Gasteiger partial charge in [0.2, 0.25) is 0 Å². The molecule has 2 rings (SSSR count). The monoisotopic (exact) mass is 239 g/mol. The summed E-state index contributed by atoms with van der Waals surface area (Å²) in [6, 6.07) is 0. The van der Waals surface area contributed by atoms with Crippen molar-refractivity contribution in [3.8, 4) is 0 Å². The second-order valence-electron chi connectivity index (χ2n) is 4.41. The van der Waals surface area contributed by atoms with Gasteiger partial charge >= 0.3 is 0 Å². The molecule has 1 unspecified atom stereocenters. The molecule has 0 bridgehead atoms. The highest BCUT2D eigenvalue weighted by molar-refractivity contribution is 7.13. The van der Waals surface area contributed by atoms with E-state index in [1.807, 2.05) is 0 Å². The molecular weight excluding hydrogens is 218 g/mol. The lowest BCUT2D eigenvalue weighted by Crippen LogP contribution is -2.19. The first kappa shape index (κ1) is 11.9. The second-order valence-corrected chi connectivity index (χ2v) is 5.25. The van der Waals surface area contributed by atoms with Gasteiger partial charge in [-0.15, -0.1) is 11.3 Å². The lowest BCUT2D eigenvalue weighted by Gasteiger charge is -2.14. The van der Waals surface area contributed by atoms with Crippen LogP contribution in [0.15, 0.2) is 5.38 Å². The Labute approximate surface area is 102 Å². The molecular formula is C12H21N3S. The number of aromatic nitrogens is 1. The Bertz CT molecular complexity index is 324. The molecule has 1 N–H and O–H groups in total. The number of thiazole rings is 1. The molecule has 2 heterocycles. The molecule has 1 aromatic rings. The lowest BCUT2D eigenvalue weighted by atomic mass is 10.1. The zero-order chi connectivity index (χ0) is 11.4. The normalized spacial score (nSPS) is 20.6. The van der Waals surface area contributed by atoms with E-state index in [1.165, 1.54) is 36.8 Å². The van der Waals surface area contributed by atoms with E-state index in [0.717, 1.165) is 19.0 Å². The zero-order valence-corrected chi connectivity index (χ0v) is 11.0. The van der Waals surface area contributed by atoms with E-state index in [1.54, 1.807) is 11.3 Å². The van der Waals surface area contributed by atoms with Crippen LogP contribution in [0.1, 0.15) is 32.4 Å². The summed E-state index contributed by atoms with van der Waals surface area (Å²) in [4.78, 5) is 7.12. The summed E-state index contributed by atoms with van der Waals surface area (Å²) in [5.41, 5.74) is 1.18. The molecule has 90 valence electrons. The predicted molar refractivity (Wildman–Crippen MR) is 70.1 cm³/mol. The third-order valence-corrected chi connectivity index (χ3v) is 4.18. The smallest absolute Gasteiger partial charge is 0.185 e. The zero-order valence-electron chi connectivity index (χ0n) is 10.2. The first-order valence-electron chi connectivity index (χ1n) is 6.23. The van der Waals surface area contributed by atoms with Gasteiger partial charge in [-0.25, -0.2) is 4.98 Å². The van der Waals surface area contributed by atoms with E-state index < -0.39 is 0 Å². The maximum absolute atomic E-state index is 4.68. The number of nitrogens with one attached hydrogen (secondary N) is 1. The van der Waals surface area contributed by atoms with Gasteiger partial charge in [0.1, 0.15) is 0 Å². The van der Waals surface area contributed by atoms with Crippen LogP contribution >= 0.6 is 11.3 Å². The van der Waals surface area contributed by atoms with E-state index in [2.05, 4.69) is 34.4 Å². The van der Waals surface area contributed by atoms with Crippen LogP contribution in [-0.2, 0) is 6.54 Å². The summed E-state index contributed by atoms with van der Waals surface area (Å²) in [5, 5.41) is 6.70. The fourth-order valence-corrected chi connectivity index (χ4v) is 2.98. The fourth-order valence-electron chi connectivity index (χ4n) is 2.12. The van der Waals surface area contributed by atoms with Crippen molar-refractivity contribution in [3.05, 3.63) is 11.1 Å². The van der Waals surface area contributed by atoms with Gasteiger partial charge < -0.3 is 10.2 Å². The summed E-state index contributed by atoms with van der Waals surface area (Å²) >= 11 is 1.78. The van der Waals surface area contributed by atoms with Gasteiger partial charge in [-0.05, 0) is 18.9 Å². The van der Waals surface area contributed by atoms with Gasteiger partial charge in [-0.2, -0.15) is 0 Å². The highest BCUT2D eigenvalue weighted by Gasteiger charge is 2.22. The van der Waals surface area contributed by atoms with Crippen LogP contribution < -0.4 is 10.2 Å². The molecule has 1 aliphatic heterocycles. The van der Waals surface area contributed by atoms with E-state index in [9.17, 15) is 0 Å². The molecule has 0 aromatic carbocycles. The van der Waals surface area contributed by atoms with E-state index >= 15 is 0 Å². The number of rotatable bonds is 5. The molecule has 4 heteroatoms. The Morgan fingerprint density at radius 3 is 3.12 bits per heavy atom.